The van der Waals surface area contributed by atoms with E-state index in [-0.39, 0.29) is 25.6 Å². The van der Waals surface area contributed by atoms with E-state index in [4.69, 9.17) is 42.6 Å². The highest BCUT2D eigenvalue weighted by Crippen LogP contribution is 2.51. The maximum absolute atomic E-state index is 12.4. The third kappa shape index (κ3) is 5.59. The Morgan fingerprint density at radius 1 is 1.11 bits per heavy atom. The number of nitrogens with one attached hydrogen (secondary N) is 1. The summed E-state index contributed by atoms with van der Waals surface area (Å²) < 4.78 is 24.6. The van der Waals surface area contributed by atoms with Crippen LogP contribution in [0, 0.1) is 6.92 Å². The summed E-state index contributed by atoms with van der Waals surface area (Å²) in [6.45, 7) is 3.06. The van der Waals surface area contributed by atoms with Gasteiger partial charge in [0.1, 0.15) is 18.4 Å². The molecule has 1 aliphatic heterocycles. The lowest BCUT2D eigenvalue weighted by atomic mass is 9.98. The number of fused-ring (bicyclic) bond motifs is 3. The van der Waals surface area contributed by atoms with Crippen LogP contribution in [-0.2, 0) is 47.4 Å². The zero-order valence-electron chi connectivity index (χ0n) is 20.7. The third-order valence-electron chi connectivity index (χ3n) is 6.71. The first-order valence-corrected chi connectivity index (χ1v) is 15.7. The van der Waals surface area contributed by atoms with E-state index < -0.39 is 41.3 Å². The number of hydrogen-bond donors (Lipinski definition) is 1. The van der Waals surface area contributed by atoms with Gasteiger partial charge < -0.3 is 30.8 Å². The van der Waals surface area contributed by atoms with Gasteiger partial charge in [-0.05, 0) is 29.2 Å². The van der Waals surface area contributed by atoms with Crippen LogP contribution < -0.4 is 11.2 Å². The smallest absolute Gasteiger partial charge is 0.330 e. The number of aromatic amines is 1. The number of aromatic nitrogens is 2. The molecule has 0 spiro atoms. The molecular weight excluding hydrogens is 547 g/mol. The fourth-order valence-electron chi connectivity index (χ4n) is 4.97. The fraction of sp³-hybridized carbons (Fsp3) is 0.346. The van der Waals surface area contributed by atoms with E-state index in [1.807, 2.05) is 24.3 Å². The van der Waals surface area contributed by atoms with Crippen LogP contribution in [0.2, 0.25) is 0 Å². The van der Waals surface area contributed by atoms with Crippen molar-refractivity contribution in [2.45, 2.75) is 44.6 Å². The zero-order chi connectivity index (χ0) is 27.0. The number of esters is 1. The molecule has 12 heteroatoms. The van der Waals surface area contributed by atoms with Crippen LogP contribution in [0.4, 0.5) is 0 Å². The van der Waals surface area contributed by atoms with Crippen molar-refractivity contribution in [3.8, 4) is 11.1 Å². The van der Waals surface area contributed by atoms with Gasteiger partial charge in [0.25, 0.3) is 5.56 Å². The Hall–Kier alpha value is -2.53. The summed E-state index contributed by atoms with van der Waals surface area (Å²) in [7, 11) is 0. The molecule has 2 aliphatic rings. The Kier molecular flexibility index (Phi) is 7.77. The van der Waals surface area contributed by atoms with Crippen LogP contribution >= 0.6 is 5.69 Å². The second-order valence-corrected chi connectivity index (χ2v) is 14.2. The minimum absolute atomic E-state index is 0.0208. The highest BCUT2D eigenvalue weighted by atomic mass is 32.9. The highest BCUT2D eigenvalue weighted by molar-refractivity contribution is 8.51. The normalized spacial score (nSPS) is 22.0. The van der Waals surface area contributed by atoms with Gasteiger partial charge in [-0.3, -0.25) is 19.1 Å². The molecule has 1 aliphatic carbocycles. The quantitative estimate of drug-likeness (QED) is 0.245. The number of rotatable bonds is 8. The summed E-state index contributed by atoms with van der Waals surface area (Å²) in [5.41, 5.74) is 0.763. The third-order valence-corrected chi connectivity index (χ3v) is 8.91. The van der Waals surface area contributed by atoms with E-state index in [1.165, 1.54) is 17.7 Å². The lowest BCUT2D eigenvalue weighted by molar-refractivity contribution is -0.150. The molecule has 0 radical (unpaired) electrons. The predicted octanol–water partition coefficient (Wildman–Crippen LogP) is 3.68. The predicted molar refractivity (Wildman–Crippen MR) is 147 cm³/mol. The van der Waals surface area contributed by atoms with Crippen molar-refractivity contribution in [2.75, 3.05) is 13.2 Å². The van der Waals surface area contributed by atoms with E-state index >= 15 is 0 Å². The summed E-state index contributed by atoms with van der Waals surface area (Å²) >= 11 is 11.1. The van der Waals surface area contributed by atoms with E-state index in [1.54, 1.807) is 6.92 Å². The molecule has 0 saturated carbocycles. The molecule has 1 N–H and O–H groups in total. The number of benzene rings is 2. The summed E-state index contributed by atoms with van der Waals surface area (Å²) in [5, 5.41) is 0. The van der Waals surface area contributed by atoms with Crippen LogP contribution in [0.5, 0.6) is 0 Å². The molecule has 3 aromatic rings. The monoisotopic (exact) mass is 573 g/mol. The van der Waals surface area contributed by atoms with Gasteiger partial charge in [0.15, 0.2) is 0 Å². The molecule has 0 amide bonds. The van der Waals surface area contributed by atoms with Crippen LogP contribution in [0.15, 0.2) is 64.3 Å². The van der Waals surface area contributed by atoms with Gasteiger partial charge in [0.2, 0.25) is 0 Å². The van der Waals surface area contributed by atoms with Crippen molar-refractivity contribution in [2.24, 2.45) is 0 Å². The molecule has 200 valence electrons. The largest absolute Gasteiger partial charge is 0.691 e. The molecular formula is C26H26N2O7PS2-. The minimum Gasteiger partial charge on any atom is -0.691 e. The maximum Gasteiger partial charge on any atom is 0.330 e. The number of nitrogens with zero attached hydrogens (tertiary/aromatic N) is 1. The topological polar surface area (TPSA) is 109 Å². The first-order chi connectivity index (χ1) is 18.1. The molecule has 1 fully saturated rings. The SMILES string of the molecule is CC(=O)O[C@H]1C[C@H](n2cc(C)c(=O)[nH]c2=O)O[C@@H]1COP(=S)([S-])OCC1c2ccccc2-c2ccccc21. The molecule has 9 nitrogen and oxygen atoms in total. The molecule has 1 unspecified atom stereocenters. The summed E-state index contributed by atoms with van der Waals surface area (Å²) in [6, 6.07) is 16.3. The number of carbonyl (C=O) groups excluding carboxylic acids is 1. The van der Waals surface area contributed by atoms with Crippen LogP contribution in [0.1, 0.15) is 42.2 Å². The van der Waals surface area contributed by atoms with Crippen molar-refractivity contribution in [3.05, 3.63) is 92.3 Å². The second kappa shape index (κ2) is 10.9. The number of hydrogen-bond acceptors (Lipinski definition) is 9. The van der Waals surface area contributed by atoms with E-state index in [2.05, 4.69) is 29.2 Å². The van der Waals surface area contributed by atoms with E-state index in [0.29, 0.717) is 5.56 Å². The van der Waals surface area contributed by atoms with Crippen molar-refractivity contribution in [1.29, 1.82) is 0 Å². The van der Waals surface area contributed by atoms with Crippen LogP contribution in [-0.4, -0.2) is 40.9 Å². The van der Waals surface area contributed by atoms with Crippen molar-refractivity contribution < 1.29 is 23.3 Å². The number of aryl methyl sites for hydroxylation is 1. The highest BCUT2D eigenvalue weighted by Gasteiger charge is 2.39. The molecule has 4 atom stereocenters. The van der Waals surface area contributed by atoms with Gasteiger partial charge in [-0.15, -0.1) is 0 Å². The molecule has 2 aromatic carbocycles. The first-order valence-electron chi connectivity index (χ1n) is 12.1. The molecule has 2 heterocycles. The summed E-state index contributed by atoms with van der Waals surface area (Å²) in [6.07, 6.45) is -0.598. The number of carbonyl (C=O) groups is 1. The van der Waals surface area contributed by atoms with Crippen molar-refractivity contribution in [3.63, 3.8) is 0 Å². The van der Waals surface area contributed by atoms with Crippen molar-refractivity contribution in [1.82, 2.24) is 9.55 Å². The van der Waals surface area contributed by atoms with Gasteiger partial charge in [-0.25, -0.2) is 4.79 Å². The lowest BCUT2D eigenvalue weighted by Gasteiger charge is -2.31. The Bertz CT molecular complexity index is 1490. The summed E-state index contributed by atoms with van der Waals surface area (Å²) in [5.74, 6) is -0.519. The summed E-state index contributed by atoms with van der Waals surface area (Å²) in [4.78, 5) is 38.1. The van der Waals surface area contributed by atoms with Gasteiger partial charge >= 0.3 is 11.7 Å². The maximum atomic E-state index is 12.4. The minimum atomic E-state index is -3.12. The van der Waals surface area contributed by atoms with Crippen LogP contribution in [0.3, 0.4) is 0 Å². The fourth-order valence-corrected chi connectivity index (χ4v) is 6.43. The van der Waals surface area contributed by atoms with E-state index in [0.717, 1.165) is 22.3 Å². The second-order valence-electron chi connectivity index (χ2n) is 9.26. The number of H-pyrrole nitrogens is 1. The molecule has 0 bridgehead atoms. The van der Waals surface area contributed by atoms with Crippen molar-refractivity contribution >= 4 is 35.7 Å². The lowest BCUT2D eigenvalue weighted by Crippen LogP contribution is -2.33. The average Bonchev–Trinajstić information content (AvgIpc) is 3.42. The Morgan fingerprint density at radius 2 is 1.71 bits per heavy atom. The van der Waals surface area contributed by atoms with E-state index in [9.17, 15) is 14.4 Å². The standard InChI is InChI=1S/C26H27N2O7PS2/c1-15-12-28(26(31)27-25(15)30)24-11-22(34-16(2)29)23(35-24)14-33-36(37,38)32-13-21-19-9-5-3-7-17(19)18-8-4-6-10-20(18)21/h3-10,12,21-24H,11,13-14H2,1-2H3,(H,37,38)(H,27,30,31)/p-1/t22-,23+,24+/m0/s1. The van der Waals surface area contributed by atoms with Gasteiger partial charge in [-0.1, -0.05) is 60.3 Å². The molecule has 1 aromatic heterocycles. The molecule has 38 heavy (non-hydrogen) atoms. The Labute approximate surface area is 229 Å². The average molecular weight is 574 g/mol. The zero-order valence-corrected chi connectivity index (χ0v) is 23.2. The van der Waals surface area contributed by atoms with Gasteiger partial charge in [0.05, 0.1) is 18.9 Å². The Balaban J connectivity index is 1.27. The van der Waals surface area contributed by atoms with Gasteiger partial charge in [0, 0.05) is 31.0 Å². The van der Waals surface area contributed by atoms with Gasteiger partial charge in [-0.2, -0.15) is 0 Å². The van der Waals surface area contributed by atoms with Crippen LogP contribution in [0.25, 0.3) is 11.1 Å². The Morgan fingerprint density at radius 3 is 2.34 bits per heavy atom. The molecule has 1 saturated heterocycles. The molecule has 5 rings (SSSR count). The first kappa shape index (κ1) is 27.1. The number of ether oxygens (including phenoxy) is 2.